The van der Waals surface area contributed by atoms with Crippen molar-refractivity contribution in [1.82, 2.24) is 15.2 Å². The van der Waals surface area contributed by atoms with Crippen molar-refractivity contribution < 1.29 is 9.59 Å². The summed E-state index contributed by atoms with van der Waals surface area (Å²) in [6, 6.07) is 7.59. The molecule has 0 unspecified atom stereocenters. The van der Waals surface area contributed by atoms with Gasteiger partial charge in [0.1, 0.15) is 10.5 Å². The first-order chi connectivity index (χ1) is 10.7. The maximum absolute atomic E-state index is 12.7. The number of para-hydroxylation sites is 1. The van der Waals surface area contributed by atoms with Gasteiger partial charge in [0.25, 0.3) is 5.91 Å². The van der Waals surface area contributed by atoms with Crippen LogP contribution in [-0.2, 0) is 11.3 Å². The van der Waals surface area contributed by atoms with E-state index < -0.39 is 5.54 Å². The monoisotopic (exact) mass is 315 g/mol. The van der Waals surface area contributed by atoms with E-state index in [9.17, 15) is 9.59 Å². The number of imide groups is 1. The molecule has 1 aliphatic carbocycles. The number of aromatic nitrogens is 1. The number of carbonyl (C=O) groups is 2. The van der Waals surface area contributed by atoms with Gasteiger partial charge < -0.3 is 5.32 Å². The van der Waals surface area contributed by atoms with Crippen LogP contribution in [0.25, 0.3) is 10.2 Å². The smallest absolute Gasteiger partial charge is 0.323 e. The van der Waals surface area contributed by atoms with E-state index in [4.69, 9.17) is 0 Å². The van der Waals surface area contributed by atoms with Gasteiger partial charge in [-0.2, -0.15) is 0 Å². The lowest BCUT2D eigenvalue weighted by Gasteiger charge is -2.30. The van der Waals surface area contributed by atoms with Crippen molar-refractivity contribution in [2.45, 2.75) is 44.2 Å². The molecule has 1 saturated heterocycles. The second kappa shape index (κ2) is 5.05. The summed E-state index contributed by atoms with van der Waals surface area (Å²) in [5, 5.41) is 3.74. The Morgan fingerprint density at radius 2 is 1.95 bits per heavy atom. The molecule has 2 aliphatic rings. The first-order valence-electron chi connectivity index (χ1n) is 7.67. The van der Waals surface area contributed by atoms with Gasteiger partial charge in [-0.3, -0.25) is 9.69 Å². The van der Waals surface area contributed by atoms with Gasteiger partial charge in [-0.05, 0) is 25.0 Å². The second-order valence-corrected chi connectivity index (χ2v) is 7.15. The molecule has 4 rings (SSSR count). The maximum Gasteiger partial charge on any atom is 0.325 e. The number of fused-ring (bicyclic) bond motifs is 1. The number of nitrogens with zero attached hydrogens (tertiary/aromatic N) is 2. The number of rotatable bonds is 2. The van der Waals surface area contributed by atoms with E-state index in [2.05, 4.69) is 10.3 Å². The Morgan fingerprint density at radius 3 is 2.73 bits per heavy atom. The van der Waals surface area contributed by atoms with E-state index in [1.807, 2.05) is 24.3 Å². The van der Waals surface area contributed by atoms with E-state index in [0.717, 1.165) is 47.3 Å². The Hall–Kier alpha value is -1.95. The molecular formula is C16H17N3O2S. The van der Waals surface area contributed by atoms with E-state index in [1.165, 1.54) is 16.2 Å². The van der Waals surface area contributed by atoms with Crippen molar-refractivity contribution in [3.8, 4) is 0 Å². The first kappa shape index (κ1) is 13.7. The Bertz CT molecular complexity index is 716. The molecule has 6 heteroatoms. The molecule has 0 bridgehead atoms. The van der Waals surface area contributed by atoms with Crippen molar-refractivity contribution in [3.05, 3.63) is 29.3 Å². The molecule has 22 heavy (non-hydrogen) atoms. The molecule has 2 aromatic rings. The third kappa shape index (κ3) is 2.09. The van der Waals surface area contributed by atoms with Crippen LogP contribution >= 0.6 is 11.3 Å². The quantitative estimate of drug-likeness (QED) is 0.866. The van der Waals surface area contributed by atoms with Gasteiger partial charge >= 0.3 is 6.03 Å². The Balaban J connectivity index is 1.59. The van der Waals surface area contributed by atoms with Crippen molar-refractivity contribution in [3.63, 3.8) is 0 Å². The summed E-state index contributed by atoms with van der Waals surface area (Å²) in [4.78, 5) is 30.8. The second-order valence-electron chi connectivity index (χ2n) is 6.04. The number of amides is 3. The summed E-state index contributed by atoms with van der Waals surface area (Å²) in [6.07, 6.45) is 4.66. The fourth-order valence-electron chi connectivity index (χ4n) is 3.44. The topological polar surface area (TPSA) is 62.3 Å². The van der Waals surface area contributed by atoms with Crippen LogP contribution in [0.1, 0.15) is 37.1 Å². The highest BCUT2D eigenvalue weighted by Crippen LogP contribution is 2.34. The predicted octanol–water partition coefficient (Wildman–Crippen LogP) is 3.05. The zero-order valence-electron chi connectivity index (χ0n) is 12.2. The lowest BCUT2D eigenvalue weighted by atomic mass is 9.82. The first-order valence-corrected chi connectivity index (χ1v) is 8.48. The largest absolute Gasteiger partial charge is 0.325 e. The molecule has 2 fully saturated rings. The fourth-order valence-corrected chi connectivity index (χ4v) is 4.39. The standard InChI is InChI=1S/C16H17N3O2S/c20-14-16(8-4-1-5-9-16)18-15(21)19(14)10-13-17-11-6-2-3-7-12(11)22-13/h2-3,6-7H,1,4-5,8-10H2,(H,18,21). The van der Waals surface area contributed by atoms with Crippen LogP contribution in [0.5, 0.6) is 0 Å². The van der Waals surface area contributed by atoms with Crippen LogP contribution in [0.4, 0.5) is 4.79 Å². The average Bonchev–Trinajstić information content (AvgIpc) is 3.03. The molecule has 1 aromatic heterocycles. The fraction of sp³-hybridized carbons (Fsp3) is 0.438. The van der Waals surface area contributed by atoms with E-state index in [-0.39, 0.29) is 18.5 Å². The zero-order chi connectivity index (χ0) is 15.2. The number of benzene rings is 1. The molecule has 1 aromatic carbocycles. The van der Waals surface area contributed by atoms with Crippen LogP contribution in [-0.4, -0.2) is 27.4 Å². The molecule has 114 valence electrons. The third-order valence-electron chi connectivity index (χ3n) is 4.58. The molecule has 1 N–H and O–H groups in total. The Kier molecular flexibility index (Phi) is 3.14. The van der Waals surface area contributed by atoms with Crippen LogP contribution in [0.3, 0.4) is 0 Å². The normalized spacial score (nSPS) is 20.8. The zero-order valence-corrected chi connectivity index (χ0v) is 13.0. The van der Waals surface area contributed by atoms with E-state index in [0.29, 0.717) is 0 Å². The molecule has 0 atom stereocenters. The average molecular weight is 315 g/mol. The van der Waals surface area contributed by atoms with Crippen LogP contribution in [0, 0.1) is 0 Å². The summed E-state index contributed by atoms with van der Waals surface area (Å²) in [5.74, 6) is -0.0727. The van der Waals surface area contributed by atoms with Gasteiger partial charge in [-0.15, -0.1) is 11.3 Å². The highest BCUT2D eigenvalue weighted by molar-refractivity contribution is 7.18. The van der Waals surface area contributed by atoms with Gasteiger partial charge in [0.15, 0.2) is 0 Å². The number of hydrogen-bond donors (Lipinski definition) is 1. The van der Waals surface area contributed by atoms with Crippen LogP contribution in [0.15, 0.2) is 24.3 Å². The summed E-state index contributed by atoms with van der Waals surface area (Å²) >= 11 is 1.54. The van der Waals surface area contributed by atoms with Gasteiger partial charge in [0.05, 0.1) is 16.8 Å². The number of thiazole rings is 1. The summed E-state index contributed by atoms with van der Waals surface area (Å²) in [5.41, 5.74) is 0.272. The Labute approximate surface area is 132 Å². The highest BCUT2D eigenvalue weighted by atomic mass is 32.1. The molecule has 1 spiro atoms. The number of hydrogen-bond acceptors (Lipinski definition) is 4. The van der Waals surface area contributed by atoms with Crippen LogP contribution < -0.4 is 5.32 Å². The maximum atomic E-state index is 12.7. The lowest BCUT2D eigenvalue weighted by molar-refractivity contribution is -0.132. The molecular weight excluding hydrogens is 298 g/mol. The molecule has 3 amide bonds. The van der Waals surface area contributed by atoms with Crippen molar-refractivity contribution >= 4 is 33.5 Å². The summed E-state index contributed by atoms with van der Waals surface area (Å²) in [6.45, 7) is 0.270. The minimum absolute atomic E-state index is 0.0727. The van der Waals surface area contributed by atoms with Crippen molar-refractivity contribution in [2.75, 3.05) is 0 Å². The van der Waals surface area contributed by atoms with Gasteiger partial charge in [0, 0.05) is 0 Å². The number of nitrogens with one attached hydrogen (secondary N) is 1. The van der Waals surface area contributed by atoms with Crippen molar-refractivity contribution in [2.24, 2.45) is 0 Å². The highest BCUT2D eigenvalue weighted by Gasteiger charge is 2.51. The summed E-state index contributed by atoms with van der Waals surface area (Å²) < 4.78 is 1.08. The van der Waals surface area contributed by atoms with Crippen molar-refractivity contribution in [1.29, 1.82) is 0 Å². The van der Waals surface area contributed by atoms with Gasteiger partial charge in [-0.25, -0.2) is 9.78 Å². The third-order valence-corrected chi connectivity index (χ3v) is 5.61. The SMILES string of the molecule is O=C1NC2(CCCCC2)C(=O)N1Cc1nc2ccccc2s1. The van der Waals surface area contributed by atoms with E-state index >= 15 is 0 Å². The molecule has 5 nitrogen and oxygen atoms in total. The lowest BCUT2D eigenvalue weighted by Crippen LogP contribution is -2.48. The molecule has 2 heterocycles. The Morgan fingerprint density at radius 1 is 1.18 bits per heavy atom. The summed E-state index contributed by atoms with van der Waals surface area (Å²) in [7, 11) is 0. The van der Waals surface area contributed by atoms with Gasteiger partial charge in [-0.1, -0.05) is 31.4 Å². The number of carbonyl (C=O) groups excluding carboxylic acids is 2. The minimum Gasteiger partial charge on any atom is -0.323 e. The van der Waals surface area contributed by atoms with Crippen LogP contribution in [0.2, 0.25) is 0 Å². The minimum atomic E-state index is -0.647. The predicted molar refractivity (Wildman–Crippen MR) is 84.5 cm³/mol. The van der Waals surface area contributed by atoms with Gasteiger partial charge in [0.2, 0.25) is 0 Å². The number of urea groups is 1. The molecule has 1 aliphatic heterocycles. The molecule has 1 saturated carbocycles. The van der Waals surface area contributed by atoms with E-state index in [1.54, 1.807) is 0 Å². The molecule has 0 radical (unpaired) electrons.